The molecule has 3 N–H and O–H groups in total. The van der Waals surface area contributed by atoms with E-state index in [0.29, 0.717) is 12.5 Å². The Labute approximate surface area is 139 Å². The van der Waals surface area contributed by atoms with Gasteiger partial charge in [-0.1, -0.05) is 12.1 Å². The fourth-order valence-electron chi connectivity index (χ4n) is 2.32. The number of nitrogens with one attached hydrogen (secondary N) is 1. The number of aliphatic imine (C=N–C) groups is 1. The predicted molar refractivity (Wildman–Crippen MR) is 93.8 cm³/mol. The lowest BCUT2D eigenvalue weighted by Crippen LogP contribution is -2.33. The Morgan fingerprint density at radius 3 is 3.04 bits per heavy atom. The largest absolute Gasteiger partial charge is 0.370 e. The molecular formula is C16H20N6S. The number of pyridine rings is 1. The van der Waals surface area contributed by atoms with Crippen LogP contribution in [-0.4, -0.2) is 33.6 Å². The van der Waals surface area contributed by atoms with Gasteiger partial charge in [-0.05, 0) is 36.4 Å². The van der Waals surface area contributed by atoms with E-state index in [4.69, 9.17) is 5.73 Å². The molecule has 0 amide bonds. The van der Waals surface area contributed by atoms with E-state index >= 15 is 0 Å². The Balaban J connectivity index is 1.40. The number of aryl methyl sites for hydroxylation is 1. The van der Waals surface area contributed by atoms with Crippen LogP contribution in [0.15, 0.2) is 46.9 Å². The number of hydrogen-bond donors (Lipinski definition) is 2. The minimum Gasteiger partial charge on any atom is -0.370 e. The van der Waals surface area contributed by atoms with E-state index in [1.807, 2.05) is 28.8 Å². The summed E-state index contributed by atoms with van der Waals surface area (Å²) in [6, 6.07) is 10.1. The Bertz CT molecular complexity index is 762. The maximum absolute atomic E-state index is 5.87. The Morgan fingerprint density at radius 1 is 1.22 bits per heavy atom. The highest BCUT2D eigenvalue weighted by Crippen LogP contribution is 2.08. The van der Waals surface area contributed by atoms with Gasteiger partial charge in [-0.3, -0.25) is 9.39 Å². The highest BCUT2D eigenvalue weighted by molar-refractivity contribution is 7.09. The lowest BCUT2D eigenvalue weighted by atomic mass is 10.3. The van der Waals surface area contributed by atoms with Gasteiger partial charge in [-0.25, -0.2) is 0 Å². The fraction of sp³-hybridized carbons (Fsp3) is 0.312. The fourth-order valence-corrected chi connectivity index (χ4v) is 3.03. The number of rotatable bonds is 7. The SMILES string of the molecule is NC(=NCCCc1nnc2ccccn12)NCCc1cccs1. The van der Waals surface area contributed by atoms with Crippen molar-refractivity contribution in [2.24, 2.45) is 10.7 Å². The quantitative estimate of drug-likeness (QED) is 0.394. The number of aromatic nitrogens is 3. The zero-order valence-electron chi connectivity index (χ0n) is 12.9. The highest BCUT2D eigenvalue weighted by Gasteiger charge is 2.03. The number of nitrogens with zero attached hydrogens (tertiary/aromatic N) is 4. The lowest BCUT2D eigenvalue weighted by molar-refractivity contribution is 0.763. The summed E-state index contributed by atoms with van der Waals surface area (Å²) in [5.74, 6) is 1.47. The van der Waals surface area contributed by atoms with Gasteiger partial charge in [0.2, 0.25) is 0 Å². The molecule has 3 aromatic heterocycles. The third kappa shape index (κ3) is 4.29. The van der Waals surface area contributed by atoms with E-state index in [0.717, 1.165) is 37.3 Å². The number of guanidine groups is 1. The van der Waals surface area contributed by atoms with Crippen molar-refractivity contribution in [1.29, 1.82) is 0 Å². The monoisotopic (exact) mass is 328 g/mol. The first-order chi connectivity index (χ1) is 11.3. The molecule has 0 aromatic carbocycles. The van der Waals surface area contributed by atoms with Crippen LogP contribution in [0.25, 0.3) is 5.65 Å². The molecule has 0 unspecified atom stereocenters. The van der Waals surface area contributed by atoms with Crippen molar-refractivity contribution < 1.29 is 0 Å². The van der Waals surface area contributed by atoms with Gasteiger partial charge in [-0.15, -0.1) is 21.5 Å². The van der Waals surface area contributed by atoms with Gasteiger partial charge in [0.25, 0.3) is 0 Å². The van der Waals surface area contributed by atoms with Crippen LogP contribution in [0.2, 0.25) is 0 Å². The van der Waals surface area contributed by atoms with Crippen molar-refractivity contribution in [3.05, 3.63) is 52.6 Å². The second kappa shape index (κ2) is 7.73. The predicted octanol–water partition coefficient (Wildman–Crippen LogP) is 1.87. The molecule has 0 aliphatic rings. The molecule has 3 heterocycles. The molecule has 0 fully saturated rings. The molecule has 0 spiro atoms. The summed E-state index contributed by atoms with van der Waals surface area (Å²) < 4.78 is 2.01. The molecule has 23 heavy (non-hydrogen) atoms. The van der Waals surface area contributed by atoms with Gasteiger partial charge in [0.1, 0.15) is 5.82 Å². The third-order valence-electron chi connectivity index (χ3n) is 3.48. The average Bonchev–Trinajstić information content (AvgIpc) is 3.21. The van der Waals surface area contributed by atoms with Gasteiger partial charge in [0.15, 0.2) is 11.6 Å². The van der Waals surface area contributed by atoms with Gasteiger partial charge in [-0.2, -0.15) is 0 Å². The van der Waals surface area contributed by atoms with Gasteiger partial charge in [0.05, 0.1) is 0 Å². The molecule has 0 saturated carbocycles. The van der Waals surface area contributed by atoms with E-state index in [1.165, 1.54) is 4.88 Å². The smallest absolute Gasteiger partial charge is 0.188 e. The van der Waals surface area contributed by atoms with Crippen LogP contribution in [0.1, 0.15) is 17.1 Å². The van der Waals surface area contributed by atoms with E-state index in [2.05, 4.69) is 38.0 Å². The lowest BCUT2D eigenvalue weighted by Gasteiger charge is -2.04. The molecule has 3 aromatic rings. The molecule has 0 bridgehead atoms. The molecule has 120 valence electrons. The first-order valence-corrected chi connectivity index (χ1v) is 8.56. The minimum atomic E-state index is 0.507. The van der Waals surface area contributed by atoms with Gasteiger partial charge < -0.3 is 11.1 Å². The molecular weight excluding hydrogens is 308 g/mol. The van der Waals surface area contributed by atoms with E-state index < -0.39 is 0 Å². The van der Waals surface area contributed by atoms with E-state index in [1.54, 1.807) is 11.3 Å². The zero-order valence-corrected chi connectivity index (χ0v) is 13.7. The van der Waals surface area contributed by atoms with Crippen molar-refractivity contribution in [3.63, 3.8) is 0 Å². The Kier molecular flexibility index (Phi) is 5.21. The molecule has 0 radical (unpaired) electrons. The molecule has 0 atom stereocenters. The van der Waals surface area contributed by atoms with Crippen LogP contribution in [-0.2, 0) is 12.8 Å². The number of nitrogens with two attached hydrogens (primary N) is 1. The first kappa shape index (κ1) is 15.5. The molecule has 6 nitrogen and oxygen atoms in total. The minimum absolute atomic E-state index is 0.507. The van der Waals surface area contributed by atoms with Crippen LogP contribution < -0.4 is 11.1 Å². The summed E-state index contributed by atoms with van der Waals surface area (Å²) in [4.78, 5) is 5.70. The summed E-state index contributed by atoms with van der Waals surface area (Å²) in [6.45, 7) is 1.49. The Morgan fingerprint density at radius 2 is 2.17 bits per heavy atom. The number of fused-ring (bicyclic) bond motifs is 1. The van der Waals surface area contributed by atoms with Crippen molar-refractivity contribution in [2.75, 3.05) is 13.1 Å². The van der Waals surface area contributed by atoms with Crippen LogP contribution in [0, 0.1) is 0 Å². The molecule has 3 rings (SSSR count). The second-order valence-corrected chi connectivity index (χ2v) is 6.20. The summed E-state index contributed by atoms with van der Waals surface area (Å²) in [6.07, 6.45) is 4.67. The van der Waals surface area contributed by atoms with Gasteiger partial charge >= 0.3 is 0 Å². The zero-order chi connectivity index (χ0) is 15.9. The summed E-state index contributed by atoms with van der Waals surface area (Å²) in [5.41, 5.74) is 6.75. The second-order valence-electron chi connectivity index (χ2n) is 5.17. The van der Waals surface area contributed by atoms with E-state index in [-0.39, 0.29) is 0 Å². The van der Waals surface area contributed by atoms with E-state index in [9.17, 15) is 0 Å². The van der Waals surface area contributed by atoms with Crippen molar-refractivity contribution in [3.8, 4) is 0 Å². The Hall–Kier alpha value is -2.41. The number of hydrogen-bond acceptors (Lipinski definition) is 4. The number of thiophene rings is 1. The molecule has 0 aliphatic carbocycles. The van der Waals surface area contributed by atoms with Crippen molar-refractivity contribution >= 4 is 22.9 Å². The maximum atomic E-state index is 5.87. The standard InChI is InChI=1S/C16H20N6S/c17-16(19-10-8-13-5-4-12-23-13)18-9-3-7-15-21-20-14-6-1-2-11-22(14)15/h1-2,4-6,11-12H,3,7-10H2,(H3,17,18,19). The average molecular weight is 328 g/mol. The topological polar surface area (TPSA) is 80.6 Å². The summed E-state index contributed by atoms with van der Waals surface area (Å²) in [7, 11) is 0. The normalized spacial score (nSPS) is 11.9. The van der Waals surface area contributed by atoms with Crippen LogP contribution in [0.3, 0.4) is 0 Å². The highest BCUT2D eigenvalue weighted by atomic mass is 32.1. The molecule has 0 aliphatic heterocycles. The van der Waals surface area contributed by atoms with Crippen molar-refractivity contribution in [2.45, 2.75) is 19.3 Å². The molecule has 7 heteroatoms. The first-order valence-electron chi connectivity index (χ1n) is 7.68. The molecule has 0 saturated heterocycles. The maximum Gasteiger partial charge on any atom is 0.188 e. The van der Waals surface area contributed by atoms with Crippen LogP contribution >= 0.6 is 11.3 Å². The third-order valence-corrected chi connectivity index (χ3v) is 4.42. The van der Waals surface area contributed by atoms with Crippen molar-refractivity contribution in [1.82, 2.24) is 19.9 Å². The summed E-state index contributed by atoms with van der Waals surface area (Å²) >= 11 is 1.76. The van der Waals surface area contributed by atoms with Crippen LogP contribution in [0.5, 0.6) is 0 Å². The van der Waals surface area contributed by atoms with Crippen LogP contribution in [0.4, 0.5) is 0 Å². The summed E-state index contributed by atoms with van der Waals surface area (Å²) in [5, 5.41) is 13.6. The van der Waals surface area contributed by atoms with Gasteiger partial charge in [0, 0.05) is 30.6 Å².